The normalized spacial score (nSPS) is 28.1. The van der Waals surface area contributed by atoms with Crippen molar-refractivity contribution in [1.29, 1.82) is 0 Å². The van der Waals surface area contributed by atoms with Crippen LogP contribution in [0.1, 0.15) is 18.4 Å². The summed E-state index contributed by atoms with van der Waals surface area (Å²) in [6, 6.07) is 2.83. The van der Waals surface area contributed by atoms with Crippen LogP contribution in [0, 0.1) is 0 Å². The van der Waals surface area contributed by atoms with E-state index < -0.39 is 0 Å². The van der Waals surface area contributed by atoms with E-state index in [1.165, 1.54) is 5.56 Å². The van der Waals surface area contributed by atoms with Crippen LogP contribution in [0.4, 0.5) is 0 Å². The van der Waals surface area contributed by atoms with Crippen molar-refractivity contribution in [2.24, 2.45) is 0 Å². The predicted octanol–water partition coefficient (Wildman–Crippen LogP) is 0.916. The van der Waals surface area contributed by atoms with Crippen LogP contribution in [0.25, 0.3) is 0 Å². The van der Waals surface area contributed by atoms with Gasteiger partial charge in [-0.2, -0.15) is 11.3 Å². The number of aliphatic hydroxyl groups is 1. The molecule has 0 saturated carbocycles. The van der Waals surface area contributed by atoms with Crippen LogP contribution in [0.15, 0.2) is 16.8 Å². The van der Waals surface area contributed by atoms with Gasteiger partial charge >= 0.3 is 0 Å². The Morgan fingerprint density at radius 2 is 2.33 bits per heavy atom. The third-order valence-corrected chi connectivity index (χ3v) is 4.77. The van der Waals surface area contributed by atoms with Gasteiger partial charge in [-0.15, -0.1) is 0 Å². The van der Waals surface area contributed by atoms with Crippen LogP contribution < -0.4 is 0 Å². The molecule has 3 heterocycles. The molecule has 2 fully saturated rings. The maximum atomic E-state index is 11.9. The molecule has 1 amide bonds. The molecular formula is C13H18N2O2S. The standard InChI is InChI=1S/C13H18N2O2S/c16-5-4-15-11-1-3-14(12(11)7-13(15)17)8-10-2-6-18-9-10/h2,6,9,11-12,16H,1,3-5,7-8H2/t11-,12+/m1/s1. The van der Waals surface area contributed by atoms with Crippen LogP contribution in [0.3, 0.4) is 0 Å². The van der Waals surface area contributed by atoms with E-state index in [-0.39, 0.29) is 12.5 Å². The topological polar surface area (TPSA) is 43.8 Å². The van der Waals surface area contributed by atoms with Crippen molar-refractivity contribution < 1.29 is 9.90 Å². The number of hydrogen-bond acceptors (Lipinski definition) is 4. The largest absolute Gasteiger partial charge is 0.395 e. The highest BCUT2D eigenvalue weighted by Gasteiger charge is 2.46. The van der Waals surface area contributed by atoms with Crippen molar-refractivity contribution in [3.05, 3.63) is 22.4 Å². The van der Waals surface area contributed by atoms with Gasteiger partial charge in [0.25, 0.3) is 0 Å². The summed E-state index contributed by atoms with van der Waals surface area (Å²) in [6.07, 6.45) is 1.66. The molecule has 4 nitrogen and oxygen atoms in total. The van der Waals surface area contributed by atoms with Crippen molar-refractivity contribution in [3.8, 4) is 0 Å². The second-order valence-electron chi connectivity index (χ2n) is 5.04. The van der Waals surface area contributed by atoms with Crippen LogP contribution in [-0.4, -0.2) is 52.6 Å². The second-order valence-corrected chi connectivity index (χ2v) is 5.82. The number of amides is 1. The molecule has 18 heavy (non-hydrogen) atoms. The lowest BCUT2D eigenvalue weighted by molar-refractivity contribution is -0.129. The quantitative estimate of drug-likeness (QED) is 0.881. The number of aliphatic hydroxyl groups excluding tert-OH is 1. The molecule has 1 aromatic rings. The molecule has 2 atom stereocenters. The number of hydrogen-bond donors (Lipinski definition) is 1. The van der Waals surface area contributed by atoms with E-state index >= 15 is 0 Å². The molecule has 0 unspecified atom stereocenters. The molecule has 0 radical (unpaired) electrons. The van der Waals surface area contributed by atoms with Crippen LogP contribution in [0.5, 0.6) is 0 Å². The number of β-amino-alcohol motifs (C(OH)–C–C–N with tert-alkyl or cyclic N) is 1. The Balaban J connectivity index is 1.69. The number of carbonyl (C=O) groups is 1. The Bertz CT molecular complexity index is 421. The highest BCUT2D eigenvalue weighted by molar-refractivity contribution is 7.07. The Morgan fingerprint density at radius 3 is 3.06 bits per heavy atom. The highest BCUT2D eigenvalue weighted by atomic mass is 32.1. The lowest BCUT2D eigenvalue weighted by Crippen LogP contribution is -2.38. The molecule has 5 heteroatoms. The molecule has 0 bridgehead atoms. The minimum Gasteiger partial charge on any atom is -0.395 e. The molecule has 1 N–H and O–H groups in total. The maximum absolute atomic E-state index is 11.9. The van der Waals surface area contributed by atoms with E-state index in [0.717, 1.165) is 19.5 Å². The first kappa shape index (κ1) is 12.1. The van der Waals surface area contributed by atoms with E-state index in [9.17, 15) is 4.79 Å². The van der Waals surface area contributed by atoms with Crippen molar-refractivity contribution in [2.45, 2.75) is 31.5 Å². The van der Waals surface area contributed by atoms with Crippen molar-refractivity contribution >= 4 is 17.2 Å². The van der Waals surface area contributed by atoms with Gasteiger partial charge < -0.3 is 10.0 Å². The average molecular weight is 266 g/mol. The van der Waals surface area contributed by atoms with Crippen LogP contribution in [-0.2, 0) is 11.3 Å². The molecule has 0 aromatic carbocycles. The Hall–Kier alpha value is -0.910. The SMILES string of the molecule is O=C1C[C@H]2[C@@H](CCN2Cc2ccsc2)N1CCO. The van der Waals surface area contributed by atoms with Gasteiger partial charge in [0, 0.05) is 38.1 Å². The first-order valence-corrected chi connectivity index (χ1v) is 7.39. The maximum Gasteiger partial charge on any atom is 0.224 e. The van der Waals surface area contributed by atoms with Crippen molar-refractivity contribution in [3.63, 3.8) is 0 Å². The van der Waals surface area contributed by atoms with Gasteiger partial charge in [-0.25, -0.2) is 0 Å². The third kappa shape index (κ3) is 2.06. The van der Waals surface area contributed by atoms with E-state index in [0.29, 0.717) is 25.0 Å². The van der Waals surface area contributed by atoms with Gasteiger partial charge in [0.05, 0.1) is 6.61 Å². The fraction of sp³-hybridized carbons (Fsp3) is 0.615. The number of fused-ring (bicyclic) bond motifs is 1. The monoisotopic (exact) mass is 266 g/mol. The molecule has 0 aliphatic carbocycles. The molecule has 2 aliphatic heterocycles. The molecule has 1 aromatic heterocycles. The fourth-order valence-electron chi connectivity index (χ4n) is 3.22. The zero-order chi connectivity index (χ0) is 12.5. The molecule has 2 saturated heterocycles. The Morgan fingerprint density at radius 1 is 1.44 bits per heavy atom. The molecule has 3 rings (SSSR count). The van der Waals surface area contributed by atoms with Crippen LogP contribution in [0.2, 0.25) is 0 Å². The summed E-state index contributed by atoms with van der Waals surface area (Å²) >= 11 is 1.72. The van der Waals surface area contributed by atoms with Gasteiger partial charge in [0.1, 0.15) is 0 Å². The van der Waals surface area contributed by atoms with Crippen molar-refractivity contribution in [2.75, 3.05) is 19.7 Å². The molecule has 2 aliphatic rings. The number of nitrogens with zero attached hydrogens (tertiary/aromatic N) is 2. The third-order valence-electron chi connectivity index (χ3n) is 4.04. The van der Waals surface area contributed by atoms with Gasteiger partial charge in [0.15, 0.2) is 0 Å². The van der Waals surface area contributed by atoms with Gasteiger partial charge in [0.2, 0.25) is 5.91 Å². The molecule has 98 valence electrons. The van der Waals surface area contributed by atoms with E-state index in [1.54, 1.807) is 11.3 Å². The molecular weight excluding hydrogens is 248 g/mol. The van der Waals surface area contributed by atoms with E-state index in [4.69, 9.17) is 5.11 Å². The van der Waals surface area contributed by atoms with E-state index in [1.807, 2.05) is 4.90 Å². The van der Waals surface area contributed by atoms with Gasteiger partial charge in [-0.3, -0.25) is 9.69 Å². The lowest BCUT2D eigenvalue weighted by atomic mass is 10.1. The zero-order valence-electron chi connectivity index (χ0n) is 10.3. The lowest BCUT2D eigenvalue weighted by Gasteiger charge is -2.24. The van der Waals surface area contributed by atoms with E-state index in [2.05, 4.69) is 21.7 Å². The van der Waals surface area contributed by atoms with Crippen molar-refractivity contribution in [1.82, 2.24) is 9.80 Å². The highest BCUT2D eigenvalue weighted by Crippen LogP contribution is 2.33. The summed E-state index contributed by atoms with van der Waals surface area (Å²) in [7, 11) is 0. The average Bonchev–Trinajstić information content (AvgIpc) is 3.03. The van der Waals surface area contributed by atoms with Gasteiger partial charge in [-0.05, 0) is 28.8 Å². The predicted molar refractivity (Wildman–Crippen MR) is 70.3 cm³/mol. The minimum absolute atomic E-state index is 0.0689. The summed E-state index contributed by atoms with van der Waals surface area (Å²) in [5, 5.41) is 13.3. The summed E-state index contributed by atoms with van der Waals surface area (Å²) < 4.78 is 0. The zero-order valence-corrected chi connectivity index (χ0v) is 11.1. The smallest absolute Gasteiger partial charge is 0.224 e. The minimum atomic E-state index is 0.0689. The first-order valence-electron chi connectivity index (χ1n) is 6.45. The summed E-state index contributed by atoms with van der Waals surface area (Å²) in [4.78, 5) is 16.2. The molecule has 0 spiro atoms. The fourth-order valence-corrected chi connectivity index (χ4v) is 3.88. The Labute approximate surface area is 111 Å². The van der Waals surface area contributed by atoms with Crippen LogP contribution >= 0.6 is 11.3 Å². The first-order chi connectivity index (χ1) is 8.79. The number of carbonyl (C=O) groups excluding carboxylic acids is 1. The second kappa shape index (κ2) is 4.99. The summed E-state index contributed by atoms with van der Waals surface area (Å²) in [5.74, 6) is 0.203. The summed E-state index contributed by atoms with van der Waals surface area (Å²) in [5.41, 5.74) is 1.34. The summed E-state index contributed by atoms with van der Waals surface area (Å²) in [6.45, 7) is 2.57. The number of thiophene rings is 1. The Kier molecular flexibility index (Phi) is 3.37. The van der Waals surface area contributed by atoms with Gasteiger partial charge in [-0.1, -0.05) is 0 Å². The number of rotatable bonds is 4. The number of likely N-dealkylation sites (tertiary alicyclic amines) is 2.